The second-order valence-corrected chi connectivity index (χ2v) is 13.7. The van der Waals surface area contributed by atoms with Gasteiger partial charge in [0.15, 0.2) is 5.88 Å². The van der Waals surface area contributed by atoms with Crippen LogP contribution in [-0.2, 0) is 38.2 Å². The molecular formula is C30H38BrN3O8S. The Hall–Kier alpha value is -3.16. The fourth-order valence-corrected chi connectivity index (χ4v) is 6.99. The summed E-state index contributed by atoms with van der Waals surface area (Å²) in [6.07, 6.45) is 4.56. The fraction of sp³-hybridized carbons (Fsp3) is 0.500. The first-order valence-corrected chi connectivity index (χ1v) is 16.3. The number of rotatable bonds is 13. The van der Waals surface area contributed by atoms with Crippen molar-refractivity contribution in [2.75, 3.05) is 13.7 Å². The first-order valence-electron chi connectivity index (χ1n) is 14.1. The monoisotopic (exact) mass is 679 g/mol. The summed E-state index contributed by atoms with van der Waals surface area (Å²) in [5, 5.41) is 5.74. The van der Waals surface area contributed by atoms with E-state index in [0.29, 0.717) is 16.5 Å². The number of halogens is 1. The Labute approximate surface area is 260 Å². The zero-order valence-corrected chi connectivity index (χ0v) is 26.7. The normalized spacial score (nSPS) is 25.8. The molecule has 3 aliphatic rings. The molecule has 1 aromatic rings. The van der Waals surface area contributed by atoms with Gasteiger partial charge in [0.05, 0.1) is 18.1 Å². The van der Waals surface area contributed by atoms with Gasteiger partial charge in [-0.3, -0.25) is 13.8 Å². The number of esters is 1. The predicted octanol–water partition coefficient (Wildman–Crippen LogP) is 3.32. The Morgan fingerprint density at radius 1 is 1.14 bits per heavy atom. The molecule has 11 nitrogen and oxygen atoms in total. The molecule has 13 heteroatoms. The van der Waals surface area contributed by atoms with Gasteiger partial charge < -0.3 is 25.0 Å². The van der Waals surface area contributed by atoms with E-state index < -0.39 is 51.6 Å². The molecule has 5 atom stereocenters. The van der Waals surface area contributed by atoms with Crippen LogP contribution < -0.4 is 10.6 Å². The topological polar surface area (TPSA) is 140 Å². The van der Waals surface area contributed by atoms with Crippen molar-refractivity contribution in [1.29, 1.82) is 0 Å². The highest BCUT2D eigenvalue weighted by Gasteiger charge is 2.62. The molecule has 3 fully saturated rings. The fourth-order valence-electron chi connectivity index (χ4n) is 5.65. The molecule has 1 aliphatic heterocycles. The number of ether oxygens (including phenoxy) is 2. The van der Waals surface area contributed by atoms with E-state index in [0.717, 1.165) is 25.7 Å². The van der Waals surface area contributed by atoms with Crippen LogP contribution in [0.25, 0.3) is 0 Å². The lowest BCUT2D eigenvalue weighted by atomic mass is 10.1. The number of amides is 2. The molecule has 0 unspecified atom stereocenters. The molecule has 43 heavy (non-hydrogen) atoms. The molecule has 0 aromatic heterocycles. The molecule has 0 bridgehead atoms. The van der Waals surface area contributed by atoms with E-state index in [1.54, 1.807) is 25.1 Å². The summed E-state index contributed by atoms with van der Waals surface area (Å²) in [5.41, 5.74) is -0.868. The Morgan fingerprint density at radius 3 is 2.35 bits per heavy atom. The average molecular weight is 681 g/mol. The quantitative estimate of drug-likeness (QED) is 0.139. The van der Waals surface area contributed by atoms with Gasteiger partial charge in [0.25, 0.3) is 10.1 Å². The van der Waals surface area contributed by atoms with Crippen LogP contribution in [0.4, 0.5) is 0 Å². The van der Waals surface area contributed by atoms with Gasteiger partial charge in [-0.25, -0.2) is 4.79 Å². The lowest BCUT2D eigenvalue weighted by Crippen LogP contribution is -2.56. The highest BCUT2D eigenvalue weighted by Crippen LogP contribution is 2.45. The Morgan fingerprint density at radius 2 is 1.79 bits per heavy atom. The number of carbonyl (C=O) groups excluding carboxylic acids is 3. The van der Waals surface area contributed by atoms with Gasteiger partial charge in [-0.1, -0.05) is 28.6 Å². The lowest BCUT2D eigenvalue weighted by Gasteiger charge is -2.31. The van der Waals surface area contributed by atoms with Crippen molar-refractivity contribution in [3.63, 3.8) is 0 Å². The van der Waals surface area contributed by atoms with Crippen LogP contribution in [0.3, 0.4) is 0 Å². The van der Waals surface area contributed by atoms with E-state index in [1.165, 1.54) is 24.1 Å². The summed E-state index contributed by atoms with van der Waals surface area (Å²) in [6, 6.07) is 3.75. The minimum absolute atomic E-state index is 0.00126. The van der Waals surface area contributed by atoms with Crippen molar-refractivity contribution in [3.05, 3.63) is 66.0 Å². The third-order valence-corrected chi connectivity index (χ3v) is 9.97. The third kappa shape index (κ3) is 7.32. The van der Waals surface area contributed by atoms with Gasteiger partial charge >= 0.3 is 5.97 Å². The van der Waals surface area contributed by atoms with E-state index >= 15 is 0 Å². The van der Waals surface area contributed by atoms with Gasteiger partial charge in [0.1, 0.15) is 23.7 Å². The van der Waals surface area contributed by atoms with Crippen LogP contribution in [0.1, 0.15) is 45.4 Å². The number of hydrogen-bond acceptors (Lipinski definition) is 9. The first-order chi connectivity index (χ1) is 20.3. The van der Waals surface area contributed by atoms with Crippen molar-refractivity contribution in [3.8, 4) is 0 Å². The van der Waals surface area contributed by atoms with Crippen molar-refractivity contribution >= 4 is 43.8 Å². The number of hydrogen-bond donors (Lipinski definition) is 2. The number of likely N-dealkylation sites (tertiary alicyclic amines) is 1. The molecule has 2 amide bonds. The minimum atomic E-state index is -4.23. The van der Waals surface area contributed by atoms with Crippen LogP contribution in [0, 0.1) is 5.92 Å². The first kappa shape index (κ1) is 32.7. The van der Waals surface area contributed by atoms with E-state index in [-0.39, 0.29) is 35.8 Å². The summed E-state index contributed by atoms with van der Waals surface area (Å²) in [7, 11) is -3.00. The van der Waals surface area contributed by atoms with Crippen LogP contribution in [0.15, 0.2) is 70.9 Å². The standard InChI is InChI=1S/C30H38BrN3O8S/c1-6-20-16-30(20,29(37)40-5)33-27(35)25-15-23(42-43(38,39)24-13-11-21(31)12-14-24)17-34(25)28(36)26(18(2)3)32-19(4)41-22-9-7-8-10-22/h6,11-14,20,22-23,25-26,32H,1-2,4,7-10,15-17H2,3,5H3,(H,33,35)/t20-,23+,25+,26+,30-/m1/s1. The molecule has 2 saturated carbocycles. The van der Waals surface area contributed by atoms with Crippen molar-refractivity contribution in [1.82, 2.24) is 15.5 Å². The van der Waals surface area contributed by atoms with Crippen LogP contribution in [0.2, 0.25) is 0 Å². The average Bonchev–Trinajstić information content (AvgIpc) is 3.24. The van der Waals surface area contributed by atoms with Gasteiger partial charge in [-0.05, 0) is 75.4 Å². The van der Waals surface area contributed by atoms with Crippen LogP contribution >= 0.6 is 15.9 Å². The van der Waals surface area contributed by atoms with Crippen molar-refractivity contribution in [2.24, 2.45) is 5.92 Å². The number of benzene rings is 1. The second kappa shape index (κ2) is 13.2. The summed E-state index contributed by atoms with van der Waals surface area (Å²) < 4.78 is 43.2. The summed E-state index contributed by atoms with van der Waals surface area (Å²) in [5.74, 6) is -1.96. The highest BCUT2D eigenvalue weighted by molar-refractivity contribution is 9.10. The van der Waals surface area contributed by atoms with Gasteiger partial charge in [0, 0.05) is 23.4 Å². The predicted molar refractivity (Wildman–Crippen MR) is 162 cm³/mol. The van der Waals surface area contributed by atoms with E-state index in [1.807, 2.05) is 0 Å². The number of carbonyl (C=O) groups is 3. The molecule has 4 rings (SSSR count). The molecule has 234 valence electrons. The summed E-state index contributed by atoms with van der Waals surface area (Å²) in [6.45, 7) is 13.0. The molecule has 1 aromatic carbocycles. The Bertz CT molecular complexity index is 1390. The Balaban J connectivity index is 1.57. The number of methoxy groups -OCH3 is 1. The zero-order chi connectivity index (χ0) is 31.5. The molecular weight excluding hydrogens is 642 g/mol. The molecule has 2 aliphatic carbocycles. The molecule has 0 radical (unpaired) electrons. The van der Waals surface area contributed by atoms with E-state index in [4.69, 9.17) is 13.7 Å². The third-order valence-electron chi connectivity index (χ3n) is 8.06. The molecule has 2 N–H and O–H groups in total. The minimum Gasteiger partial charge on any atom is -0.476 e. The SMILES string of the molecule is C=C[C@@H]1C[C@]1(NC(=O)[C@@H]1C[C@H](OS(=O)(=O)c2ccc(Br)cc2)CN1C(=O)[C@@H](NC(=C)OC1CCCC1)C(=C)C)C(=O)OC. The summed E-state index contributed by atoms with van der Waals surface area (Å²) >= 11 is 3.28. The lowest BCUT2D eigenvalue weighted by molar-refractivity contribution is -0.148. The van der Waals surface area contributed by atoms with Gasteiger partial charge in [-0.15, -0.1) is 6.58 Å². The van der Waals surface area contributed by atoms with Crippen molar-refractivity contribution < 1.29 is 36.5 Å². The second-order valence-electron chi connectivity index (χ2n) is 11.2. The van der Waals surface area contributed by atoms with E-state index in [9.17, 15) is 22.8 Å². The van der Waals surface area contributed by atoms with Crippen molar-refractivity contribution in [2.45, 2.75) is 80.2 Å². The maximum absolute atomic E-state index is 14.0. The number of nitrogens with zero attached hydrogens (tertiary/aromatic N) is 1. The largest absolute Gasteiger partial charge is 0.476 e. The molecule has 1 heterocycles. The maximum Gasteiger partial charge on any atom is 0.332 e. The zero-order valence-electron chi connectivity index (χ0n) is 24.3. The Kier molecular flexibility index (Phi) is 10.1. The van der Waals surface area contributed by atoms with Gasteiger partial charge in [-0.2, -0.15) is 8.42 Å². The number of nitrogens with one attached hydrogen (secondary N) is 2. The van der Waals surface area contributed by atoms with E-state index in [2.05, 4.69) is 46.3 Å². The van der Waals surface area contributed by atoms with Gasteiger partial charge in [0.2, 0.25) is 11.8 Å². The maximum atomic E-state index is 14.0. The van der Waals surface area contributed by atoms with Crippen LogP contribution in [-0.4, -0.2) is 74.6 Å². The molecule has 1 saturated heterocycles. The smallest absolute Gasteiger partial charge is 0.332 e. The molecule has 0 spiro atoms. The highest BCUT2D eigenvalue weighted by atomic mass is 79.9. The van der Waals surface area contributed by atoms with Crippen LogP contribution in [0.5, 0.6) is 0 Å². The summed E-state index contributed by atoms with van der Waals surface area (Å²) in [4.78, 5) is 41.5.